The van der Waals surface area contributed by atoms with Crippen molar-refractivity contribution in [3.05, 3.63) is 70.0 Å². The monoisotopic (exact) mass is 464 g/mol. The van der Waals surface area contributed by atoms with Crippen LogP contribution in [-0.4, -0.2) is 63.7 Å². The van der Waals surface area contributed by atoms with Gasteiger partial charge in [-0.1, -0.05) is 48.0 Å². The third-order valence-corrected chi connectivity index (χ3v) is 6.39. The van der Waals surface area contributed by atoms with Gasteiger partial charge in [0, 0.05) is 57.8 Å². The lowest BCUT2D eigenvalue weighted by Gasteiger charge is -2.32. The Morgan fingerprint density at radius 1 is 1.09 bits per heavy atom. The summed E-state index contributed by atoms with van der Waals surface area (Å²) >= 11 is 5.39. The zero-order valence-corrected chi connectivity index (χ0v) is 20.2. The van der Waals surface area contributed by atoms with Crippen LogP contribution < -0.4 is 5.32 Å². The van der Waals surface area contributed by atoms with E-state index in [0.29, 0.717) is 24.3 Å². The molecule has 2 heterocycles. The lowest BCUT2D eigenvalue weighted by atomic mass is 10.1. The number of carbonyl (C=O) groups is 1. The summed E-state index contributed by atoms with van der Waals surface area (Å²) in [5.41, 5.74) is 4.55. The highest BCUT2D eigenvalue weighted by molar-refractivity contribution is 7.71. The van der Waals surface area contributed by atoms with Crippen LogP contribution in [-0.2, 0) is 24.4 Å². The van der Waals surface area contributed by atoms with Gasteiger partial charge in [0.05, 0.1) is 0 Å². The second-order valence-corrected chi connectivity index (χ2v) is 9.19. The molecule has 0 unspecified atom stereocenters. The van der Waals surface area contributed by atoms with Crippen LogP contribution in [0.25, 0.3) is 11.4 Å². The average Bonchev–Trinajstić information content (AvgIpc) is 3.18. The van der Waals surface area contributed by atoms with E-state index in [0.717, 1.165) is 55.2 Å². The summed E-state index contributed by atoms with van der Waals surface area (Å²) < 4.78 is 2.41. The van der Waals surface area contributed by atoms with Crippen LogP contribution in [0.2, 0.25) is 0 Å². The van der Waals surface area contributed by atoms with Gasteiger partial charge in [-0.2, -0.15) is 5.10 Å². The molecule has 4 rings (SSSR count). The first kappa shape index (κ1) is 23.4. The number of likely N-dealkylation sites (N-methyl/N-ethyl adjacent to an activating group) is 1. The molecule has 0 atom stereocenters. The maximum absolute atomic E-state index is 12.6. The minimum Gasteiger partial charge on any atom is -0.352 e. The minimum absolute atomic E-state index is 0.00207. The topological polar surface area (TPSA) is 69.2 Å². The van der Waals surface area contributed by atoms with Gasteiger partial charge in [-0.05, 0) is 43.4 Å². The first-order chi connectivity index (χ1) is 16.0. The zero-order chi connectivity index (χ0) is 23.2. The van der Waals surface area contributed by atoms with E-state index < -0.39 is 0 Å². The third kappa shape index (κ3) is 6.37. The Morgan fingerprint density at radius 3 is 2.64 bits per heavy atom. The molecule has 8 heteroatoms. The van der Waals surface area contributed by atoms with Crippen molar-refractivity contribution < 1.29 is 4.79 Å². The number of amides is 1. The summed E-state index contributed by atoms with van der Waals surface area (Å²) in [6.07, 6.45) is 0.341. The molecule has 33 heavy (non-hydrogen) atoms. The number of nitrogens with zero attached hydrogens (tertiary/aromatic N) is 4. The fourth-order valence-corrected chi connectivity index (χ4v) is 4.36. The second kappa shape index (κ2) is 10.9. The molecule has 3 aromatic rings. The number of carbonyl (C=O) groups excluding carboxylic acids is 1. The minimum atomic E-state index is -0.00207. The molecule has 0 spiro atoms. The molecule has 2 aromatic carbocycles. The molecule has 7 nitrogen and oxygen atoms in total. The van der Waals surface area contributed by atoms with Gasteiger partial charge in [-0.3, -0.25) is 19.4 Å². The van der Waals surface area contributed by atoms with Crippen molar-refractivity contribution in [1.29, 1.82) is 0 Å². The molecule has 1 aliphatic heterocycles. The summed E-state index contributed by atoms with van der Waals surface area (Å²) in [7, 11) is 2.17. The van der Waals surface area contributed by atoms with Crippen molar-refractivity contribution in [2.75, 3.05) is 33.2 Å². The second-order valence-electron chi connectivity index (χ2n) is 8.80. The molecule has 0 radical (unpaired) electrons. The first-order valence-corrected chi connectivity index (χ1v) is 11.9. The highest BCUT2D eigenvalue weighted by Crippen LogP contribution is 2.19. The van der Waals surface area contributed by atoms with Crippen molar-refractivity contribution in [1.82, 2.24) is 29.9 Å². The van der Waals surface area contributed by atoms with Gasteiger partial charge < -0.3 is 10.2 Å². The molecule has 1 amide bonds. The van der Waals surface area contributed by atoms with E-state index in [1.807, 2.05) is 29.7 Å². The van der Waals surface area contributed by atoms with Crippen LogP contribution in [0.4, 0.5) is 0 Å². The molecule has 2 N–H and O–H groups in total. The molecule has 0 saturated carbocycles. The lowest BCUT2D eigenvalue weighted by molar-refractivity contribution is -0.121. The zero-order valence-electron chi connectivity index (χ0n) is 19.4. The van der Waals surface area contributed by atoms with Crippen LogP contribution in [0, 0.1) is 11.7 Å². The number of nitrogens with one attached hydrogen (secondary N) is 2. The normalized spacial score (nSPS) is 15.0. The van der Waals surface area contributed by atoms with Gasteiger partial charge in [0.25, 0.3) is 0 Å². The summed E-state index contributed by atoms with van der Waals surface area (Å²) in [6.45, 7) is 8.42. The Morgan fingerprint density at radius 2 is 1.85 bits per heavy atom. The van der Waals surface area contributed by atoms with E-state index in [1.165, 1.54) is 5.56 Å². The predicted octanol–water partition coefficient (Wildman–Crippen LogP) is 3.37. The van der Waals surface area contributed by atoms with Gasteiger partial charge in [-0.25, -0.2) is 0 Å². The van der Waals surface area contributed by atoms with Crippen LogP contribution in [0.3, 0.4) is 0 Å². The number of hydrogen-bond acceptors (Lipinski definition) is 5. The SMILES string of the molecule is Cc1cccc(-c2n[nH]c(=S)n2CCC(=O)NCc2cccc(CN3CCN(C)CC3)c2)c1. The standard InChI is InChI=1S/C25H32N6OS/c1-19-5-3-8-22(15-19)24-27-28-25(33)31(24)10-9-23(32)26-17-20-6-4-7-21(16-20)18-30-13-11-29(2)12-14-30/h3-8,15-16H,9-14,17-18H2,1-2H3,(H,26,32)(H,28,33). The number of aromatic amines is 1. The van der Waals surface area contributed by atoms with Crippen molar-refractivity contribution in [3.8, 4) is 11.4 Å². The molecule has 0 aliphatic carbocycles. The molecule has 1 aliphatic rings. The molecular weight excluding hydrogens is 432 g/mol. The van der Waals surface area contributed by atoms with E-state index >= 15 is 0 Å². The van der Waals surface area contributed by atoms with Crippen LogP contribution in [0.15, 0.2) is 48.5 Å². The van der Waals surface area contributed by atoms with Crippen molar-refractivity contribution in [2.24, 2.45) is 0 Å². The van der Waals surface area contributed by atoms with E-state index in [9.17, 15) is 4.79 Å². The molecule has 1 saturated heterocycles. The van der Waals surface area contributed by atoms with Crippen LogP contribution >= 0.6 is 12.2 Å². The van der Waals surface area contributed by atoms with Gasteiger partial charge in [0.15, 0.2) is 10.6 Å². The van der Waals surface area contributed by atoms with Gasteiger partial charge in [0.2, 0.25) is 5.91 Å². The number of H-pyrrole nitrogens is 1. The number of aryl methyl sites for hydroxylation is 1. The van der Waals surface area contributed by atoms with E-state index in [-0.39, 0.29) is 5.91 Å². The van der Waals surface area contributed by atoms with Crippen LogP contribution in [0.5, 0.6) is 0 Å². The highest BCUT2D eigenvalue weighted by atomic mass is 32.1. The summed E-state index contributed by atoms with van der Waals surface area (Å²) in [5, 5.41) is 10.3. The number of rotatable bonds is 8. The predicted molar refractivity (Wildman–Crippen MR) is 133 cm³/mol. The van der Waals surface area contributed by atoms with Gasteiger partial charge >= 0.3 is 0 Å². The highest BCUT2D eigenvalue weighted by Gasteiger charge is 2.14. The summed E-state index contributed by atoms with van der Waals surface area (Å²) in [5.74, 6) is 0.755. The number of hydrogen-bond donors (Lipinski definition) is 2. The molecule has 174 valence electrons. The molecule has 1 aromatic heterocycles. The Kier molecular flexibility index (Phi) is 7.69. The van der Waals surface area contributed by atoms with Gasteiger partial charge in [-0.15, -0.1) is 0 Å². The third-order valence-electron chi connectivity index (χ3n) is 6.08. The fraction of sp³-hybridized carbons (Fsp3) is 0.400. The Hall–Kier alpha value is -2.81. The molecule has 1 fully saturated rings. The Labute approximate surface area is 200 Å². The molecular formula is C25H32N6OS. The summed E-state index contributed by atoms with van der Waals surface area (Å²) in [6, 6.07) is 16.6. The quantitative estimate of drug-likeness (QED) is 0.500. The number of aromatic nitrogens is 3. The van der Waals surface area contributed by atoms with Crippen molar-refractivity contribution in [2.45, 2.75) is 33.0 Å². The van der Waals surface area contributed by atoms with Gasteiger partial charge in [0.1, 0.15) is 0 Å². The fourth-order valence-electron chi connectivity index (χ4n) is 4.13. The summed E-state index contributed by atoms with van der Waals surface area (Å²) in [4.78, 5) is 17.4. The van der Waals surface area contributed by atoms with Crippen molar-refractivity contribution >= 4 is 18.1 Å². The maximum atomic E-state index is 12.6. The Balaban J connectivity index is 1.30. The van der Waals surface area contributed by atoms with E-state index in [1.54, 1.807) is 0 Å². The van der Waals surface area contributed by atoms with Crippen LogP contribution in [0.1, 0.15) is 23.1 Å². The molecule has 0 bridgehead atoms. The van der Waals surface area contributed by atoms with E-state index in [4.69, 9.17) is 12.2 Å². The number of piperazine rings is 1. The largest absolute Gasteiger partial charge is 0.352 e. The van der Waals surface area contributed by atoms with Crippen molar-refractivity contribution in [3.63, 3.8) is 0 Å². The average molecular weight is 465 g/mol. The number of benzene rings is 2. The maximum Gasteiger partial charge on any atom is 0.222 e. The van der Waals surface area contributed by atoms with E-state index in [2.05, 4.69) is 62.7 Å². The Bertz CT molecular complexity index is 1150. The lowest BCUT2D eigenvalue weighted by Crippen LogP contribution is -2.43. The first-order valence-electron chi connectivity index (χ1n) is 11.5. The smallest absolute Gasteiger partial charge is 0.222 e.